The molecule has 2 bridgehead atoms. The molecule has 2 aromatic carbocycles. The van der Waals surface area contributed by atoms with E-state index >= 15 is 0 Å². The zero-order valence-electron chi connectivity index (χ0n) is 13.6. The average Bonchev–Trinajstić information content (AvgIpc) is 2.59. The Kier molecular flexibility index (Phi) is 3.38. The average molecular weight is 339 g/mol. The summed E-state index contributed by atoms with van der Waals surface area (Å²) < 4.78 is 6.12. The molecule has 0 radical (unpaired) electrons. The molecule has 0 aliphatic carbocycles. The Balaban J connectivity index is 1.69. The number of nitro groups is 1. The van der Waals surface area contributed by atoms with Gasteiger partial charge >= 0.3 is 6.03 Å². The van der Waals surface area contributed by atoms with Gasteiger partial charge < -0.3 is 10.1 Å². The smallest absolute Gasteiger partial charge is 0.321 e. The topological polar surface area (TPSA) is 84.7 Å². The second-order valence-electron chi connectivity index (χ2n) is 6.53. The highest BCUT2D eigenvalue weighted by Crippen LogP contribution is 2.45. The predicted octanol–water partition coefficient (Wildman–Crippen LogP) is 3.36. The van der Waals surface area contributed by atoms with Crippen molar-refractivity contribution >= 4 is 11.7 Å². The highest BCUT2D eigenvalue weighted by molar-refractivity contribution is 5.77. The second-order valence-corrected chi connectivity index (χ2v) is 6.53. The quantitative estimate of drug-likeness (QED) is 0.686. The molecule has 2 atom stereocenters. The summed E-state index contributed by atoms with van der Waals surface area (Å²) in [5.41, 5.74) is 0.855. The van der Waals surface area contributed by atoms with E-state index in [-0.39, 0.29) is 17.8 Å². The van der Waals surface area contributed by atoms with Gasteiger partial charge in [0.15, 0.2) is 5.72 Å². The van der Waals surface area contributed by atoms with Crippen LogP contribution in [0.15, 0.2) is 48.5 Å². The van der Waals surface area contributed by atoms with E-state index in [1.165, 1.54) is 12.1 Å². The summed E-state index contributed by atoms with van der Waals surface area (Å²) in [6.07, 6.45) is 0.528. The van der Waals surface area contributed by atoms with Crippen LogP contribution in [-0.4, -0.2) is 21.6 Å². The summed E-state index contributed by atoms with van der Waals surface area (Å²) in [5, 5.41) is 14.0. The first kappa shape index (κ1) is 15.4. The first-order valence-corrected chi connectivity index (χ1v) is 8.06. The summed E-state index contributed by atoms with van der Waals surface area (Å²) in [6.45, 7) is 2.31. The summed E-state index contributed by atoms with van der Waals surface area (Å²) in [7, 11) is 0. The summed E-state index contributed by atoms with van der Waals surface area (Å²) in [5.74, 6) is 0.572. The number of carbonyl (C=O) groups excluding carboxylic acids is 1. The fourth-order valence-electron chi connectivity index (χ4n) is 3.52. The van der Waals surface area contributed by atoms with Crippen molar-refractivity contribution in [2.45, 2.75) is 31.7 Å². The normalized spacial score (nSPS) is 24.1. The van der Waals surface area contributed by atoms with Gasteiger partial charge in [0.05, 0.1) is 17.5 Å². The van der Waals surface area contributed by atoms with Gasteiger partial charge in [0.2, 0.25) is 0 Å². The third-order valence-corrected chi connectivity index (χ3v) is 4.79. The molecule has 0 unspecified atom stereocenters. The Hall–Kier alpha value is -3.09. The van der Waals surface area contributed by atoms with Gasteiger partial charge in [0.1, 0.15) is 5.75 Å². The van der Waals surface area contributed by atoms with Crippen LogP contribution < -0.4 is 10.1 Å². The molecule has 7 nitrogen and oxygen atoms in total. The van der Waals surface area contributed by atoms with Gasteiger partial charge in [-0.25, -0.2) is 4.79 Å². The first-order chi connectivity index (χ1) is 12.0. The molecule has 2 amide bonds. The number of non-ortho nitro benzene ring substituents is 1. The number of fused-ring (bicyclic) bond motifs is 4. The van der Waals surface area contributed by atoms with Crippen molar-refractivity contribution in [2.24, 2.45) is 0 Å². The van der Waals surface area contributed by atoms with E-state index in [4.69, 9.17) is 4.74 Å². The fraction of sp³-hybridized carbons (Fsp3) is 0.278. The number of amides is 2. The maximum absolute atomic E-state index is 12.6. The molecule has 2 heterocycles. The molecule has 1 N–H and O–H groups in total. The number of nitrogens with one attached hydrogen (secondary N) is 1. The molecular formula is C18H17N3O4. The number of benzene rings is 2. The minimum atomic E-state index is -0.800. The van der Waals surface area contributed by atoms with E-state index in [0.717, 1.165) is 5.56 Å². The van der Waals surface area contributed by atoms with Crippen molar-refractivity contribution in [3.05, 3.63) is 69.8 Å². The molecule has 4 rings (SSSR count). The number of nitrogens with zero attached hydrogens (tertiary/aromatic N) is 2. The molecule has 128 valence electrons. The van der Waals surface area contributed by atoms with Crippen LogP contribution in [-0.2, 0) is 6.54 Å². The Morgan fingerprint density at radius 3 is 2.80 bits per heavy atom. The van der Waals surface area contributed by atoms with Crippen molar-refractivity contribution in [2.75, 3.05) is 0 Å². The van der Waals surface area contributed by atoms with E-state index in [1.54, 1.807) is 11.0 Å². The zero-order chi connectivity index (χ0) is 17.6. The van der Waals surface area contributed by atoms with E-state index in [2.05, 4.69) is 5.32 Å². The van der Waals surface area contributed by atoms with E-state index in [9.17, 15) is 14.9 Å². The largest absolute Gasteiger partial charge is 0.468 e. The lowest BCUT2D eigenvalue weighted by Gasteiger charge is -2.50. The van der Waals surface area contributed by atoms with Gasteiger partial charge in [0, 0.05) is 24.1 Å². The van der Waals surface area contributed by atoms with Gasteiger partial charge in [-0.1, -0.05) is 30.3 Å². The van der Waals surface area contributed by atoms with Crippen LogP contribution in [0.25, 0.3) is 0 Å². The van der Waals surface area contributed by atoms with Crippen LogP contribution >= 0.6 is 0 Å². The Morgan fingerprint density at radius 2 is 2.08 bits per heavy atom. The van der Waals surface area contributed by atoms with Gasteiger partial charge in [-0.05, 0) is 18.6 Å². The first-order valence-electron chi connectivity index (χ1n) is 8.06. The minimum Gasteiger partial charge on any atom is -0.468 e. The highest BCUT2D eigenvalue weighted by atomic mass is 16.6. The number of hydrogen-bond donors (Lipinski definition) is 1. The van der Waals surface area contributed by atoms with E-state index in [1.807, 2.05) is 37.3 Å². The highest BCUT2D eigenvalue weighted by Gasteiger charge is 2.49. The lowest BCUT2D eigenvalue weighted by molar-refractivity contribution is -0.385. The van der Waals surface area contributed by atoms with Gasteiger partial charge in [-0.3, -0.25) is 15.0 Å². The second kappa shape index (κ2) is 5.47. The van der Waals surface area contributed by atoms with Crippen LogP contribution in [0, 0.1) is 10.1 Å². The van der Waals surface area contributed by atoms with E-state index in [0.29, 0.717) is 24.3 Å². The van der Waals surface area contributed by atoms with Gasteiger partial charge in [-0.15, -0.1) is 0 Å². The molecule has 1 fully saturated rings. The SMILES string of the molecule is C[C@@]12C[C@H](NC(=O)N1Cc1ccccc1)c1cc([N+](=O)[O-])ccc1O2. The van der Waals surface area contributed by atoms with E-state index < -0.39 is 10.6 Å². The van der Waals surface area contributed by atoms with Crippen LogP contribution in [0.1, 0.15) is 30.5 Å². The van der Waals surface area contributed by atoms with Crippen molar-refractivity contribution in [3.8, 4) is 5.75 Å². The molecule has 2 aliphatic rings. The number of rotatable bonds is 3. The standard InChI is InChI=1S/C18H17N3O4/c1-18-10-15(14-9-13(21(23)24)7-8-16(14)25-18)19-17(22)20(18)11-12-5-3-2-4-6-12/h2-9,15H,10-11H2,1H3,(H,19,22)/t15-,18+/m0/s1. The molecule has 7 heteroatoms. The van der Waals surface area contributed by atoms with Gasteiger partial charge in [-0.2, -0.15) is 0 Å². The van der Waals surface area contributed by atoms with Crippen LogP contribution in [0.3, 0.4) is 0 Å². The molecule has 1 saturated heterocycles. The lowest BCUT2D eigenvalue weighted by atomic mass is 9.90. The maximum atomic E-state index is 12.6. The molecule has 2 aromatic rings. The minimum absolute atomic E-state index is 0.00748. The molecule has 0 aromatic heterocycles. The summed E-state index contributed by atoms with van der Waals surface area (Å²) in [6, 6.07) is 13.7. The van der Waals surface area contributed by atoms with Crippen molar-refractivity contribution in [3.63, 3.8) is 0 Å². The number of ether oxygens (including phenoxy) is 1. The van der Waals surface area contributed by atoms with Crippen LogP contribution in [0.4, 0.5) is 10.5 Å². The summed E-state index contributed by atoms with van der Waals surface area (Å²) >= 11 is 0. The number of urea groups is 1. The predicted molar refractivity (Wildman–Crippen MR) is 90.0 cm³/mol. The third-order valence-electron chi connectivity index (χ3n) is 4.79. The lowest BCUT2D eigenvalue weighted by Crippen LogP contribution is -2.64. The van der Waals surface area contributed by atoms with Gasteiger partial charge in [0.25, 0.3) is 5.69 Å². The monoisotopic (exact) mass is 339 g/mol. The van der Waals surface area contributed by atoms with Crippen molar-refractivity contribution < 1.29 is 14.5 Å². The molecule has 0 spiro atoms. The van der Waals surface area contributed by atoms with Crippen LogP contribution in [0.5, 0.6) is 5.75 Å². The Morgan fingerprint density at radius 1 is 1.32 bits per heavy atom. The molecule has 2 aliphatic heterocycles. The van der Waals surface area contributed by atoms with Crippen molar-refractivity contribution in [1.29, 1.82) is 0 Å². The Bertz CT molecular complexity index is 855. The molecule has 0 saturated carbocycles. The maximum Gasteiger partial charge on any atom is 0.321 e. The number of nitro benzene ring substituents is 1. The van der Waals surface area contributed by atoms with Crippen LogP contribution in [0.2, 0.25) is 0 Å². The zero-order valence-corrected chi connectivity index (χ0v) is 13.6. The Labute approximate surface area is 144 Å². The van der Waals surface area contributed by atoms with Crippen molar-refractivity contribution in [1.82, 2.24) is 10.2 Å². The summed E-state index contributed by atoms with van der Waals surface area (Å²) in [4.78, 5) is 24.9. The fourth-order valence-corrected chi connectivity index (χ4v) is 3.52. The molecular weight excluding hydrogens is 322 g/mol. The number of hydrogen-bond acceptors (Lipinski definition) is 4. The number of carbonyl (C=O) groups is 1. The third kappa shape index (κ3) is 2.57. The molecule has 25 heavy (non-hydrogen) atoms.